The van der Waals surface area contributed by atoms with Crippen LogP contribution in [0.15, 0.2) is 107 Å². The molecule has 7 rings (SSSR count). The first-order chi connectivity index (χ1) is 19.4. The second-order valence-electron chi connectivity index (χ2n) is 9.34. The van der Waals surface area contributed by atoms with Gasteiger partial charge >= 0.3 is 0 Å². The van der Waals surface area contributed by atoms with Crippen LogP contribution in [0.5, 0.6) is 23.0 Å². The van der Waals surface area contributed by atoms with Crippen molar-refractivity contribution in [3.05, 3.63) is 128 Å². The minimum absolute atomic E-state index is 0.217. The van der Waals surface area contributed by atoms with Gasteiger partial charge in [-0.15, -0.1) is 0 Å². The zero-order chi connectivity index (χ0) is 27.4. The monoisotopic (exact) mass is 564 g/mol. The van der Waals surface area contributed by atoms with Crippen LogP contribution >= 0.6 is 23.2 Å². The minimum Gasteiger partial charge on any atom is -0.456 e. The first kappa shape index (κ1) is 24.3. The number of hydrogen-bond donors (Lipinski definition) is 2. The number of rotatable bonds is 4. The van der Waals surface area contributed by atoms with E-state index in [1.54, 1.807) is 60.7 Å². The van der Waals surface area contributed by atoms with Crippen LogP contribution in [0.3, 0.4) is 0 Å². The number of aromatic nitrogens is 2. The zero-order valence-corrected chi connectivity index (χ0v) is 22.1. The predicted octanol–water partition coefficient (Wildman–Crippen LogP) is 8.57. The molecule has 2 aromatic heterocycles. The number of aromatic amines is 2. The summed E-state index contributed by atoms with van der Waals surface area (Å²) in [5.74, 6) is 1.95. The molecule has 0 bridgehead atoms. The summed E-state index contributed by atoms with van der Waals surface area (Å²) >= 11 is 13.0. The van der Waals surface area contributed by atoms with Gasteiger partial charge in [-0.2, -0.15) is 0 Å². The lowest BCUT2D eigenvalue weighted by atomic mass is 10.0. The van der Waals surface area contributed by atoms with Gasteiger partial charge < -0.3 is 19.4 Å². The first-order valence-electron chi connectivity index (χ1n) is 12.4. The fraction of sp³-hybridized carbons (Fsp3) is 0. The van der Waals surface area contributed by atoms with E-state index in [1.807, 2.05) is 36.4 Å². The van der Waals surface area contributed by atoms with E-state index < -0.39 is 0 Å². The van der Waals surface area contributed by atoms with E-state index >= 15 is 0 Å². The number of ether oxygens (including phenoxy) is 2. The van der Waals surface area contributed by atoms with Crippen molar-refractivity contribution in [2.45, 2.75) is 0 Å². The van der Waals surface area contributed by atoms with E-state index in [0.717, 1.165) is 0 Å². The second-order valence-corrected chi connectivity index (χ2v) is 10.2. The van der Waals surface area contributed by atoms with Crippen molar-refractivity contribution in [1.82, 2.24) is 9.97 Å². The van der Waals surface area contributed by atoms with Crippen LogP contribution in [-0.4, -0.2) is 9.97 Å². The van der Waals surface area contributed by atoms with E-state index in [2.05, 4.69) is 9.97 Å². The van der Waals surface area contributed by atoms with Crippen molar-refractivity contribution >= 4 is 66.8 Å². The van der Waals surface area contributed by atoms with E-state index in [0.29, 0.717) is 76.7 Å². The van der Waals surface area contributed by atoms with Crippen LogP contribution in [0.4, 0.5) is 0 Å². The molecule has 0 spiro atoms. The topological polar surface area (TPSA) is 84.2 Å². The highest BCUT2D eigenvalue weighted by molar-refractivity contribution is 6.33. The van der Waals surface area contributed by atoms with Crippen molar-refractivity contribution in [3.8, 4) is 23.0 Å². The Bertz CT molecular complexity index is 2070. The molecule has 0 radical (unpaired) electrons. The molecule has 8 heteroatoms. The third kappa shape index (κ3) is 4.14. The van der Waals surface area contributed by atoms with Crippen LogP contribution in [-0.2, 0) is 0 Å². The Morgan fingerprint density at radius 2 is 0.825 bits per heavy atom. The fourth-order valence-corrected chi connectivity index (χ4v) is 5.24. The third-order valence-corrected chi connectivity index (χ3v) is 7.35. The molecule has 0 saturated heterocycles. The van der Waals surface area contributed by atoms with Crippen molar-refractivity contribution in [2.24, 2.45) is 0 Å². The van der Waals surface area contributed by atoms with E-state index in [1.165, 1.54) is 0 Å². The van der Waals surface area contributed by atoms with Crippen LogP contribution < -0.4 is 20.3 Å². The summed E-state index contributed by atoms with van der Waals surface area (Å²) < 4.78 is 11.8. The molecule has 5 aromatic carbocycles. The molecule has 194 valence electrons. The quantitative estimate of drug-likeness (QED) is 0.210. The van der Waals surface area contributed by atoms with Crippen LogP contribution in [0.2, 0.25) is 10.0 Å². The lowest BCUT2D eigenvalue weighted by Gasteiger charge is -2.11. The molecule has 0 aliphatic heterocycles. The number of fused-ring (bicyclic) bond motifs is 4. The normalized spacial score (nSPS) is 11.4. The molecule has 0 atom stereocenters. The standard InChI is InChI=1S/C32H18Cl2N2O4/c33-23-15-27-21(13-29(23)39-17-7-3-1-4-8-17)31(37)19-11-26-20(12-25(19)35-27)32(38)22-14-30(24(34)16-28(22)36-26)40-18-9-5-2-6-10-18/h1-16H,(H,35,37)(H,36,38). The van der Waals surface area contributed by atoms with Gasteiger partial charge in [0.2, 0.25) is 0 Å². The van der Waals surface area contributed by atoms with E-state index in [-0.39, 0.29) is 10.9 Å². The number of pyridine rings is 2. The van der Waals surface area contributed by atoms with Crippen LogP contribution in [0, 0.1) is 0 Å². The van der Waals surface area contributed by atoms with Gasteiger partial charge in [0.15, 0.2) is 10.9 Å². The Labute approximate surface area is 236 Å². The zero-order valence-electron chi connectivity index (χ0n) is 20.6. The average molecular weight is 565 g/mol. The fourth-order valence-electron chi connectivity index (χ4n) is 4.84. The Kier molecular flexibility index (Phi) is 5.73. The summed E-state index contributed by atoms with van der Waals surface area (Å²) in [7, 11) is 0. The molecular formula is C32H18Cl2N2O4. The lowest BCUT2D eigenvalue weighted by molar-refractivity contribution is 0.483. The highest BCUT2D eigenvalue weighted by Gasteiger charge is 2.15. The van der Waals surface area contributed by atoms with E-state index in [9.17, 15) is 9.59 Å². The second kappa shape index (κ2) is 9.45. The summed E-state index contributed by atoms with van der Waals surface area (Å²) in [6.07, 6.45) is 0. The lowest BCUT2D eigenvalue weighted by Crippen LogP contribution is -2.08. The summed E-state index contributed by atoms with van der Waals surface area (Å²) in [6.45, 7) is 0. The SMILES string of the molecule is O=c1c2cc(Oc3ccccc3)c(Cl)cc2[nH]c2cc3c(=O)c4cc(Oc5ccccc5)c(Cl)cc4[nH]c3cc12. The maximum Gasteiger partial charge on any atom is 0.197 e. The van der Waals surface area contributed by atoms with Gasteiger partial charge in [0.05, 0.1) is 32.1 Å². The molecule has 0 aliphatic rings. The number of halogens is 2. The molecule has 40 heavy (non-hydrogen) atoms. The molecule has 0 aliphatic carbocycles. The van der Waals surface area contributed by atoms with Gasteiger partial charge in [0, 0.05) is 21.5 Å². The molecule has 2 heterocycles. The van der Waals surface area contributed by atoms with Gasteiger partial charge in [0.25, 0.3) is 0 Å². The van der Waals surface area contributed by atoms with Crippen LogP contribution in [0.25, 0.3) is 43.6 Å². The molecule has 7 aromatic rings. The molecule has 6 nitrogen and oxygen atoms in total. The molecule has 0 unspecified atom stereocenters. The van der Waals surface area contributed by atoms with E-state index in [4.69, 9.17) is 32.7 Å². The maximum atomic E-state index is 13.6. The molecule has 2 N–H and O–H groups in total. The number of H-pyrrole nitrogens is 2. The highest BCUT2D eigenvalue weighted by Crippen LogP contribution is 2.35. The average Bonchev–Trinajstić information content (AvgIpc) is 2.96. The van der Waals surface area contributed by atoms with Crippen LogP contribution in [0.1, 0.15) is 0 Å². The molecular weight excluding hydrogens is 547 g/mol. The Morgan fingerprint density at radius 3 is 1.23 bits per heavy atom. The van der Waals surface area contributed by atoms with Gasteiger partial charge in [0.1, 0.15) is 23.0 Å². The van der Waals surface area contributed by atoms with Gasteiger partial charge in [-0.3, -0.25) is 9.59 Å². The Morgan fingerprint density at radius 1 is 0.475 bits per heavy atom. The number of para-hydroxylation sites is 2. The minimum atomic E-state index is -0.217. The number of nitrogens with one attached hydrogen (secondary N) is 2. The largest absolute Gasteiger partial charge is 0.456 e. The summed E-state index contributed by atoms with van der Waals surface area (Å²) in [6, 6.07) is 28.3. The van der Waals surface area contributed by atoms with Crippen molar-refractivity contribution < 1.29 is 9.47 Å². The highest BCUT2D eigenvalue weighted by atomic mass is 35.5. The smallest absolute Gasteiger partial charge is 0.197 e. The van der Waals surface area contributed by atoms with Gasteiger partial charge in [-0.05, 0) is 60.7 Å². The van der Waals surface area contributed by atoms with Gasteiger partial charge in [-0.25, -0.2) is 0 Å². The molecule has 0 saturated carbocycles. The van der Waals surface area contributed by atoms with Crippen molar-refractivity contribution in [1.29, 1.82) is 0 Å². The Balaban J connectivity index is 1.40. The predicted molar refractivity (Wildman–Crippen MR) is 161 cm³/mol. The molecule has 0 fully saturated rings. The Hall–Kier alpha value is -4.78. The summed E-state index contributed by atoms with van der Waals surface area (Å²) in [5.41, 5.74) is 1.65. The number of benzene rings is 5. The molecule has 0 amide bonds. The maximum absolute atomic E-state index is 13.6. The first-order valence-corrected chi connectivity index (χ1v) is 13.1. The summed E-state index contributed by atoms with van der Waals surface area (Å²) in [5, 5.41) is 2.35. The third-order valence-electron chi connectivity index (χ3n) is 6.76. The number of hydrogen-bond acceptors (Lipinski definition) is 4. The van der Waals surface area contributed by atoms with Crippen molar-refractivity contribution in [2.75, 3.05) is 0 Å². The van der Waals surface area contributed by atoms with Crippen molar-refractivity contribution in [3.63, 3.8) is 0 Å². The van der Waals surface area contributed by atoms with Gasteiger partial charge in [-0.1, -0.05) is 59.6 Å². The summed E-state index contributed by atoms with van der Waals surface area (Å²) in [4.78, 5) is 33.8.